The summed E-state index contributed by atoms with van der Waals surface area (Å²) in [5.41, 5.74) is 0.778. The maximum atomic E-state index is 12.3. The van der Waals surface area contributed by atoms with E-state index in [9.17, 15) is 4.79 Å². The van der Waals surface area contributed by atoms with E-state index >= 15 is 0 Å². The number of carbonyl (C=O) groups is 1. The van der Waals surface area contributed by atoms with Gasteiger partial charge in [-0.05, 0) is 23.6 Å². The minimum Gasteiger partial charge on any atom is -0.496 e. The zero-order valence-corrected chi connectivity index (χ0v) is 14.5. The Balaban J connectivity index is 1.52. The number of likely N-dealkylation sites (tertiary alicyclic amines) is 1. The number of amides is 1. The fourth-order valence-electron chi connectivity index (χ4n) is 3.02. The summed E-state index contributed by atoms with van der Waals surface area (Å²) in [5.74, 6) is 1.73. The highest BCUT2D eigenvalue weighted by molar-refractivity contribution is 7.09. The smallest absolute Gasteiger partial charge is 0.232 e. The van der Waals surface area contributed by atoms with Gasteiger partial charge in [0.1, 0.15) is 5.75 Å². The second kappa shape index (κ2) is 6.68. The lowest BCUT2D eigenvalue weighted by Crippen LogP contribution is -2.23. The molecule has 1 fully saturated rings. The van der Waals surface area contributed by atoms with E-state index in [2.05, 4.69) is 10.1 Å². The Morgan fingerprint density at radius 2 is 2.20 bits per heavy atom. The van der Waals surface area contributed by atoms with Crippen LogP contribution >= 0.6 is 11.3 Å². The Kier molecular flexibility index (Phi) is 4.23. The first-order valence-electron chi connectivity index (χ1n) is 8.01. The van der Waals surface area contributed by atoms with Crippen LogP contribution in [0, 0.1) is 0 Å². The molecule has 1 amide bonds. The minimum absolute atomic E-state index is 0.0663. The fourth-order valence-corrected chi connectivity index (χ4v) is 3.74. The highest BCUT2D eigenvalue weighted by atomic mass is 32.1. The van der Waals surface area contributed by atoms with Gasteiger partial charge in [0, 0.05) is 17.8 Å². The number of methoxy groups -OCH3 is 1. The Bertz CT molecular complexity index is 875. The Morgan fingerprint density at radius 1 is 1.32 bits per heavy atom. The van der Waals surface area contributed by atoms with Gasteiger partial charge in [0.05, 0.1) is 25.1 Å². The molecule has 7 heteroatoms. The number of ether oxygens (including phenoxy) is 1. The average Bonchev–Trinajstić information content (AvgIpc) is 3.37. The van der Waals surface area contributed by atoms with Crippen molar-refractivity contribution in [1.29, 1.82) is 0 Å². The molecule has 0 spiro atoms. The van der Waals surface area contributed by atoms with Crippen molar-refractivity contribution in [2.24, 2.45) is 0 Å². The summed E-state index contributed by atoms with van der Waals surface area (Å²) < 4.78 is 10.8. The molecule has 6 nitrogen and oxygen atoms in total. The number of carbonyl (C=O) groups excluding carboxylic acids is 1. The predicted octanol–water partition coefficient (Wildman–Crippen LogP) is 3.32. The van der Waals surface area contributed by atoms with Gasteiger partial charge >= 0.3 is 0 Å². The third kappa shape index (κ3) is 3.15. The number of benzene rings is 1. The van der Waals surface area contributed by atoms with E-state index in [1.54, 1.807) is 18.4 Å². The largest absolute Gasteiger partial charge is 0.496 e. The van der Waals surface area contributed by atoms with E-state index in [0.717, 1.165) is 5.56 Å². The first kappa shape index (κ1) is 15.8. The lowest BCUT2D eigenvalue weighted by atomic mass is 10.1. The predicted molar refractivity (Wildman–Crippen MR) is 93.4 cm³/mol. The summed E-state index contributed by atoms with van der Waals surface area (Å²) in [6, 6.07) is 11.6. The lowest BCUT2D eigenvalue weighted by Gasteiger charge is -2.14. The third-order valence-electron chi connectivity index (χ3n) is 4.28. The number of hydrogen-bond acceptors (Lipinski definition) is 6. The van der Waals surface area contributed by atoms with Crippen LogP contribution in [-0.2, 0) is 11.3 Å². The summed E-state index contributed by atoms with van der Waals surface area (Å²) >= 11 is 1.66. The van der Waals surface area contributed by atoms with Crippen molar-refractivity contribution in [3.8, 4) is 17.1 Å². The van der Waals surface area contributed by atoms with E-state index < -0.39 is 0 Å². The molecule has 128 valence electrons. The molecule has 1 aliphatic rings. The van der Waals surface area contributed by atoms with E-state index in [1.165, 1.54) is 4.88 Å². The zero-order chi connectivity index (χ0) is 17.2. The van der Waals surface area contributed by atoms with Crippen molar-refractivity contribution in [2.75, 3.05) is 13.7 Å². The summed E-state index contributed by atoms with van der Waals surface area (Å²) in [6.45, 7) is 1.24. The van der Waals surface area contributed by atoms with Crippen LogP contribution in [0.3, 0.4) is 0 Å². The Hall–Kier alpha value is -2.67. The monoisotopic (exact) mass is 355 g/mol. The van der Waals surface area contributed by atoms with Crippen molar-refractivity contribution in [2.45, 2.75) is 18.9 Å². The van der Waals surface area contributed by atoms with Gasteiger partial charge in [0.25, 0.3) is 0 Å². The standard InChI is InChI=1S/C18H17N3O3S/c1-23-15-7-3-2-6-14(15)17-19-18(24-20-17)12-9-16(22)21(10-12)11-13-5-4-8-25-13/h2-8,12H,9-11H2,1H3. The van der Waals surface area contributed by atoms with E-state index in [1.807, 2.05) is 46.7 Å². The molecule has 0 saturated carbocycles. The molecule has 25 heavy (non-hydrogen) atoms. The highest BCUT2D eigenvalue weighted by Gasteiger charge is 2.34. The molecule has 0 N–H and O–H groups in total. The van der Waals surface area contributed by atoms with Gasteiger partial charge in [0.2, 0.25) is 17.6 Å². The van der Waals surface area contributed by atoms with Gasteiger partial charge in [-0.1, -0.05) is 23.4 Å². The SMILES string of the molecule is COc1ccccc1-c1noc(C2CC(=O)N(Cc3cccs3)C2)n1. The van der Waals surface area contributed by atoms with E-state index in [0.29, 0.717) is 37.0 Å². The van der Waals surface area contributed by atoms with Crippen molar-refractivity contribution < 1.29 is 14.1 Å². The Labute approximate surface area is 149 Å². The first-order valence-corrected chi connectivity index (χ1v) is 8.89. The summed E-state index contributed by atoms with van der Waals surface area (Å²) in [6.07, 6.45) is 0.402. The number of aromatic nitrogens is 2. The third-order valence-corrected chi connectivity index (χ3v) is 5.14. The maximum Gasteiger partial charge on any atom is 0.232 e. The van der Waals surface area contributed by atoms with Crippen LogP contribution in [0.25, 0.3) is 11.4 Å². The van der Waals surface area contributed by atoms with Crippen LogP contribution in [0.1, 0.15) is 23.1 Å². The van der Waals surface area contributed by atoms with Crippen LogP contribution in [0.2, 0.25) is 0 Å². The summed E-state index contributed by atoms with van der Waals surface area (Å²) in [5, 5.41) is 6.09. The van der Waals surface area contributed by atoms with E-state index in [-0.39, 0.29) is 11.8 Å². The number of nitrogens with zero attached hydrogens (tertiary/aromatic N) is 3. The molecule has 0 bridgehead atoms. The molecule has 1 unspecified atom stereocenters. The number of thiophene rings is 1. The van der Waals surface area contributed by atoms with Gasteiger partial charge in [0.15, 0.2) is 0 Å². The van der Waals surface area contributed by atoms with Gasteiger partial charge in [-0.3, -0.25) is 4.79 Å². The molecule has 1 atom stereocenters. The molecular weight excluding hydrogens is 338 g/mol. The van der Waals surface area contributed by atoms with Gasteiger partial charge in [-0.25, -0.2) is 0 Å². The molecular formula is C18H17N3O3S. The van der Waals surface area contributed by atoms with Crippen LogP contribution in [0.15, 0.2) is 46.3 Å². The minimum atomic E-state index is -0.0663. The van der Waals surface area contributed by atoms with Crippen LogP contribution in [-0.4, -0.2) is 34.6 Å². The molecule has 1 aromatic carbocycles. The Morgan fingerprint density at radius 3 is 3.00 bits per heavy atom. The quantitative estimate of drug-likeness (QED) is 0.702. The maximum absolute atomic E-state index is 12.3. The first-order chi connectivity index (χ1) is 12.2. The topological polar surface area (TPSA) is 68.5 Å². The fraction of sp³-hybridized carbons (Fsp3) is 0.278. The van der Waals surface area contributed by atoms with Crippen molar-refractivity contribution in [1.82, 2.24) is 15.0 Å². The average molecular weight is 355 g/mol. The van der Waals surface area contributed by atoms with Crippen molar-refractivity contribution in [3.63, 3.8) is 0 Å². The van der Waals surface area contributed by atoms with Crippen molar-refractivity contribution in [3.05, 3.63) is 52.5 Å². The number of hydrogen-bond donors (Lipinski definition) is 0. The summed E-state index contributed by atoms with van der Waals surface area (Å²) in [4.78, 5) is 19.8. The van der Waals surface area contributed by atoms with E-state index in [4.69, 9.17) is 9.26 Å². The molecule has 0 aliphatic carbocycles. The normalized spacial score (nSPS) is 17.2. The van der Waals surface area contributed by atoms with Crippen LogP contribution < -0.4 is 4.74 Å². The van der Waals surface area contributed by atoms with Crippen LogP contribution in [0.5, 0.6) is 5.75 Å². The van der Waals surface area contributed by atoms with Crippen molar-refractivity contribution >= 4 is 17.2 Å². The molecule has 1 saturated heterocycles. The van der Waals surface area contributed by atoms with Gasteiger partial charge in [-0.15, -0.1) is 11.3 Å². The molecule has 1 aliphatic heterocycles. The van der Waals surface area contributed by atoms with Crippen LogP contribution in [0.4, 0.5) is 0 Å². The second-order valence-electron chi connectivity index (χ2n) is 5.91. The zero-order valence-electron chi connectivity index (χ0n) is 13.7. The van der Waals surface area contributed by atoms with Gasteiger partial charge < -0.3 is 14.2 Å². The highest BCUT2D eigenvalue weighted by Crippen LogP contribution is 2.32. The lowest BCUT2D eigenvalue weighted by molar-refractivity contribution is -0.128. The molecule has 3 heterocycles. The molecule has 2 aromatic heterocycles. The second-order valence-corrected chi connectivity index (χ2v) is 6.94. The molecule has 0 radical (unpaired) electrons. The number of para-hydroxylation sites is 1. The summed E-state index contributed by atoms with van der Waals surface area (Å²) in [7, 11) is 1.61. The number of rotatable bonds is 5. The molecule has 4 rings (SSSR count). The van der Waals surface area contributed by atoms with Gasteiger partial charge in [-0.2, -0.15) is 4.98 Å². The molecule has 3 aromatic rings.